The van der Waals surface area contributed by atoms with Crippen LogP contribution in [-0.2, 0) is 14.3 Å². The molecule has 26 heavy (non-hydrogen) atoms. The lowest BCUT2D eigenvalue weighted by Crippen LogP contribution is -2.52. The third-order valence-electron chi connectivity index (χ3n) is 4.79. The molecule has 2 unspecified atom stereocenters. The summed E-state index contributed by atoms with van der Waals surface area (Å²) in [6.07, 6.45) is 0.0377. The zero-order valence-corrected chi connectivity index (χ0v) is 15.9. The molecule has 2 heterocycles. The van der Waals surface area contributed by atoms with E-state index in [9.17, 15) is 9.59 Å². The molecule has 142 valence electrons. The summed E-state index contributed by atoms with van der Waals surface area (Å²) in [5.74, 6) is -0.0374. The van der Waals surface area contributed by atoms with Gasteiger partial charge in [0.05, 0.1) is 6.10 Å². The van der Waals surface area contributed by atoms with Gasteiger partial charge in [0.15, 0.2) is 6.10 Å². The average molecular weight is 360 g/mol. The molecule has 0 radical (unpaired) electrons. The lowest BCUT2D eigenvalue weighted by atomic mass is 9.86. The van der Waals surface area contributed by atoms with E-state index in [4.69, 9.17) is 9.47 Å². The molecular formula is C20H28N2O4. The van der Waals surface area contributed by atoms with Crippen LogP contribution in [0, 0.1) is 0 Å². The van der Waals surface area contributed by atoms with Gasteiger partial charge in [0.25, 0.3) is 5.91 Å². The molecule has 2 fully saturated rings. The first-order valence-corrected chi connectivity index (χ1v) is 9.23. The molecule has 2 aliphatic rings. The van der Waals surface area contributed by atoms with Crippen LogP contribution in [0.4, 0.5) is 4.79 Å². The number of carbonyl (C=O) groups excluding carboxylic acids is 2. The summed E-state index contributed by atoms with van der Waals surface area (Å²) >= 11 is 0. The molecular weight excluding hydrogens is 332 g/mol. The van der Waals surface area contributed by atoms with Crippen LogP contribution < -0.4 is 5.32 Å². The fraction of sp³-hybridized carbons (Fsp3) is 0.600. The lowest BCUT2D eigenvalue weighted by molar-refractivity contribution is -0.123. The second kappa shape index (κ2) is 7.27. The molecule has 2 aliphatic heterocycles. The van der Waals surface area contributed by atoms with Crippen molar-refractivity contribution < 1.29 is 19.1 Å². The van der Waals surface area contributed by atoms with Crippen molar-refractivity contribution in [3.8, 4) is 0 Å². The van der Waals surface area contributed by atoms with Gasteiger partial charge in [0.1, 0.15) is 5.60 Å². The zero-order chi connectivity index (χ0) is 18.9. The fourth-order valence-corrected chi connectivity index (χ4v) is 3.38. The number of nitrogens with zero attached hydrogens (tertiary/aromatic N) is 1. The molecule has 0 aliphatic carbocycles. The fourth-order valence-electron chi connectivity index (χ4n) is 3.38. The largest absolute Gasteiger partial charge is 0.444 e. The van der Waals surface area contributed by atoms with Crippen LogP contribution in [0.3, 0.4) is 0 Å². The van der Waals surface area contributed by atoms with Gasteiger partial charge in [0.2, 0.25) is 0 Å². The second-order valence-corrected chi connectivity index (χ2v) is 8.11. The summed E-state index contributed by atoms with van der Waals surface area (Å²) in [6, 6.07) is 9.97. The highest BCUT2D eigenvalue weighted by Crippen LogP contribution is 2.30. The van der Waals surface area contributed by atoms with Crippen molar-refractivity contribution in [1.82, 2.24) is 10.2 Å². The van der Waals surface area contributed by atoms with Gasteiger partial charge in [-0.05, 0) is 39.7 Å². The molecule has 1 aromatic carbocycles. The summed E-state index contributed by atoms with van der Waals surface area (Å²) < 4.78 is 10.8. The van der Waals surface area contributed by atoms with Crippen molar-refractivity contribution in [2.45, 2.75) is 63.9 Å². The Morgan fingerprint density at radius 3 is 2.46 bits per heavy atom. The number of ether oxygens (including phenoxy) is 2. The standard InChI is InChI=1S/C20H28N2O4/c1-13-17(25-13)18(23)21-16-10-11-22(19(24)26-20(2,3)4)12-15(16)14-8-6-5-7-9-14/h5-9,13,15-17H,10-12H2,1-4H3,(H,21,23)/t13-,15?,16?,17+/m0/s1. The van der Waals surface area contributed by atoms with E-state index < -0.39 is 5.60 Å². The normalized spacial score (nSPS) is 28.4. The highest BCUT2D eigenvalue weighted by Gasteiger charge is 2.43. The number of carbonyl (C=O) groups is 2. The summed E-state index contributed by atoms with van der Waals surface area (Å²) in [4.78, 5) is 26.5. The van der Waals surface area contributed by atoms with Crippen molar-refractivity contribution >= 4 is 12.0 Å². The van der Waals surface area contributed by atoms with E-state index in [1.165, 1.54) is 0 Å². The third-order valence-corrected chi connectivity index (χ3v) is 4.79. The molecule has 1 N–H and O–H groups in total. The monoisotopic (exact) mass is 360 g/mol. The van der Waals surface area contributed by atoms with E-state index in [-0.39, 0.29) is 36.2 Å². The molecule has 3 rings (SSSR count). The van der Waals surface area contributed by atoms with Crippen molar-refractivity contribution in [3.63, 3.8) is 0 Å². The number of rotatable bonds is 3. The van der Waals surface area contributed by atoms with E-state index in [0.717, 1.165) is 5.56 Å². The maximum Gasteiger partial charge on any atom is 0.410 e. The molecule has 0 bridgehead atoms. The van der Waals surface area contributed by atoms with Crippen LogP contribution in [0.25, 0.3) is 0 Å². The Bertz CT molecular complexity index is 656. The Morgan fingerprint density at radius 1 is 1.23 bits per heavy atom. The Balaban J connectivity index is 1.72. The Kier molecular flexibility index (Phi) is 5.23. The average Bonchev–Trinajstić information content (AvgIpc) is 3.31. The van der Waals surface area contributed by atoms with Crippen LogP contribution in [0.1, 0.15) is 45.6 Å². The summed E-state index contributed by atoms with van der Waals surface area (Å²) in [5.41, 5.74) is 0.583. The van der Waals surface area contributed by atoms with Gasteiger partial charge in [0, 0.05) is 25.0 Å². The number of amides is 2. The third kappa shape index (κ3) is 4.55. The second-order valence-electron chi connectivity index (χ2n) is 8.11. The zero-order valence-electron chi connectivity index (χ0n) is 15.9. The maximum atomic E-state index is 12.5. The minimum atomic E-state index is -0.524. The molecule has 0 saturated carbocycles. The predicted molar refractivity (Wildman–Crippen MR) is 97.9 cm³/mol. The van der Waals surface area contributed by atoms with Crippen LogP contribution in [0.15, 0.2) is 30.3 Å². The van der Waals surface area contributed by atoms with Crippen molar-refractivity contribution in [2.75, 3.05) is 13.1 Å². The van der Waals surface area contributed by atoms with Crippen molar-refractivity contribution in [2.24, 2.45) is 0 Å². The lowest BCUT2D eigenvalue weighted by Gasteiger charge is -2.39. The quantitative estimate of drug-likeness (QED) is 0.842. The van der Waals surface area contributed by atoms with Gasteiger partial charge in [-0.1, -0.05) is 30.3 Å². The predicted octanol–water partition coefficient (Wildman–Crippen LogP) is 2.68. The molecule has 4 atom stereocenters. The molecule has 1 aromatic rings. The maximum absolute atomic E-state index is 12.5. The number of likely N-dealkylation sites (tertiary alicyclic amines) is 1. The van der Waals surface area contributed by atoms with Gasteiger partial charge < -0.3 is 19.7 Å². The molecule has 2 saturated heterocycles. The van der Waals surface area contributed by atoms with Gasteiger partial charge in [-0.15, -0.1) is 0 Å². The van der Waals surface area contributed by atoms with E-state index >= 15 is 0 Å². The Labute approximate surface area is 154 Å². The van der Waals surface area contributed by atoms with Gasteiger partial charge in [-0.3, -0.25) is 4.79 Å². The van der Waals surface area contributed by atoms with E-state index in [1.54, 1.807) is 4.90 Å². The number of hydrogen-bond donors (Lipinski definition) is 1. The smallest absolute Gasteiger partial charge is 0.410 e. The first kappa shape index (κ1) is 18.7. The Hall–Kier alpha value is -2.08. The number of epoxide rings is 1. The highest BCUT2D eigenvalue weighted by atomic mass is 16.6. The van der Waals surface area contributed by atoms with Crippen molar-refractivity contribution in [3.05, 3.63) is 35.9 Å². The summed E-state index contributed by atoms with van der Waals surface area (Å²) in [6.45, 7) is 8.56. The minimum absolute atomic E-state index is 0.00738. The Morgan fingerprint density at radius 2 is 1.88 bits per heavy atom. The highest BCUT2D eigenvalue weighted by molar-refractivity contribution is 5.84. The molecule has 0 spiro atoms. The number of benzene rings is 1. The number of nitrogens with one attached hydrogen (secondary N) is 1. The molecule has 0 aromatic heterocycles. The van der Waals surface area contributed by atoms with Crippen LogP contribution in [-0.4, -0.2) is 53.8 Å². The molecule has 6 heteroatoms. The summed E-state index contributed by atoms with van der Waals surface area (Å²) in [7, 11) is 0. The van der Waals surface area contributed by atoms with Gasteiger partial charge in [-0.25, -0.2) is 4.79 Å². The summed E-state index contributed by atoms with van der Waals surface area (Å²) in [5, 5.41) is 3.12. The molecule has 2 amide bonds. The number of piperidine rings is 1. The minimum Gasteiger partial charge on any atom is -0.444 e. The first-order valence-electron chi connectivity index (χ1n) is 9.23. The van der Waals surface area contributed by atoms with E-state index in [0.29, 0.717) is 19.5 Å². The molecule has 6 nitrogen and oxygen atoms in total. The van der Waals surface area contributed by atoms with Crippen molar-refractivity contribution in [1.29, 1.82) is 0 Å². The van der Waals surface area contributed by atoms with Gasteiger partial charge in [-0.2, -0.15) is 0 Å². The van der Waals surface area contributed by atoms with Crippen LogP contribution >= 0.6 is 0 Å². The number of hydrogen-bond acceptors (Lipinski definition) is 4. The van der Waals surface area contributed by atoms with Crippen LogP contribution in [0.2, 0.25) is 0 Å². The van der Waals surface area contributed by atoms with E-state index in [2.05, 4.69) is 5.32 Å². The van der Waals surface area contributed by atoms with E-state index in [1.807, 2.05) is 58.0 Å². The van der Waals surface area contributed by atoms with Crippen LogP contribution in [0.5, 0.6) is 0 Å². The van der Waals surface area contributed by atoms with Gasteiger partial charge >= 0.3 is 6.09 Å². The topological polar surface area (TPSA) is 71.2 Å². The first-order chi connectivity index (χ1) is 12.2. The SMILES string of the molecule is C[C@@H]1O[C@H]1C(=O)NC1CCN(C(=O)OC(C)(C)C)CC1c1ccccc1.